The van der Waals surface area contributed by atoms with Crippen molar-refractivity contribution in [1.29, 1.82) is 0 Å². The number of benzene rings is 1. The van der Waals surface area contributed by atoms with Gasteiger partial charge >= 0.3 is 6.03 Å². The number of aromatic nitrogens is 3. The lowest BCUT2D eigenvalue weighted by Gasteiger charge is -2.29. The van der Waals surface area contributed by atoms with Crippen molar-refractivity contribution in [2.75, 3.05) is 6.54 Å². The molecule has 2 amide bonds. The van der Waals surface area contributed by atoms with Crippen molar-refractivity contribution in [3.63, 3.8) is 0 Å². The van der Waals surface area contributed by atoms with Crippen LogP contribution in [0.25, 0.3) is 0 Å². The normalized spacial score (nSPS) is 22.7. The molecule has 0 aliphatic carbocycles. The molecule has 0 spiro atoms. The number of fused-ring (bicyclic) bond motifs is 1. The monoisotopic (exact) mass is 339 g/mol. The summed E-state index contributed by atoms with van der Waals surface area (Å²) in [7, 11) is 0. The fraction of sp³-hybridized carbons (Fsp3) is 0.526. The standard InChI is InChI=1S/C19H25N5O/c1-14-20-18-17(10-6-12-24(18)22-14)21-19(25)23-11-5-9-16(23)13-15-7-3-2-4-8-15/h2-4,7-8,16-17H,5-6,9-13H2,1H3,(H,21,25). The Balaban J connectivity index is 1.44. The molecular weight excluding hydrogens is 314 g/mol. The van der Waals surface area contributed by atoms with E-state index >= 15 is 0 Å². The fourth-order valence-corrected chi connectivity index (χ4v) is 4.04. The van der Waals surface area contributed by atoms with E-state index in [2.05, 4.69) is 39.7 Å². The number of amides is 2. The van der Waals surface area contributed by atoms with Gasteiger partial charge < -0.3 is 10.2 Å². The Morgan fingerprint density at radius 2 is 2.00 bits per heavy atom. The van der Waals surface area contributed by atoms with Gasteiger partial charge in [-0.3, -0.25) is 0 Å². The van der Waals surface area contributed by atoms with Gasteiger partial charge in [-0.05, 0) is 44.6 Å². The number of carbonyl (C=O) groups excluding carboxylic acids is 1. The van der Waals surface area contributed by atoms with E-state index in [1.165, 1.54) is 5.56 Å². The smallest absolute Gasteiger partial charge is 0.318 e. The van der Waals surface area contributed by atoms with Crippen molar-refractivity contribution < 1.29 is 4.79 Å². The van der Waals surface area contributed by atoms with Gasteiger partial charge in [-0.2, -0.15) is 5.10 Å². The third kappa shape index (κ3) is 3.38. The minimum atomic E-state index is -0.0274. The van der Waals surface area contributed by atoms with Gasteiger partial charge in [0.05, 0.1) is 6.04 Å². The number of hydrogen-bond acceptors (Lipinski definition) is 3. The molecule has 0 saturated carbocycles. The summed E-state index contributed by atoms with van der Waals surface area (Å²) in [6, 6.07) is 10.7. The highest BCUT2D eigenvalue weighted by Crippen LogP contribution is 2.25. The van der Waals surface area contributed by atoms with Crippen molar-refractivity contribution in [3.05, 3.63) is 47.5 Å². The van der Waals surface area contributed by atoms with Gasteiger partial charge in [0.15, 0.2) is 0 Å². The van der Waals surface area contributed by atoms with Crippen LogP contribution in [0.5, 0.6) is 0 Å². The van der Waals surface area contributed by atoms with Crippen LogP contribution in [0.1, 0.15) is 48.9 Å². The van der Waals surface area contributed by atoms with Crippen LogP contribution in [0.4, 0.5) is 4.79 Å². The molecule has 2 atom stereocenters. The number of nitrogens with one attached hydrogen (secondary N) is 1. The summed E-state index contributed by atoms with van der Waals surface area (Å²) >= 11 is 0. The van der Waals surface area contributed by atoms with E-state index in [-0.39, 0.29) is 18.1 Å². The zero-order valence-corrected chi connectivity index (χ0v) is 14.7. The number of urea groups is 1. The Kier molecular flexibility index (Phi) is 4.42. The van der Waals surface area contributed by atoms with Crippen LogP contribution in [0, 0.1) is 6.92 Å². The quantitative estimate of drug-likeness (QED) is 0.935. The van der Waals surface area contributed by atoms with Crippen LogP contribution in [-0.2, 0) is 13.0 Å². The molecule has 1 saturated heterocycles. The lowest BCUT2D eigenvalue weighted by atomic mass is 10.0. The van der Waals surface area contributed by atoms with E-state index in [0.29, 0.717) is 0 Å². The number of carbonyl (C=O) groups is 1. The maximum Gasteiger partial charge on any atom is 0.318 e. The predicted molar refractivity (Wildman–Crippen MR) is 95.1 cm³/mol. The largest absolute Gasteiger partial charge is 0.328 e. The summed E-state index contributed by atoms with van der Waals surface area (Å²) in [4.78, 5) is 19.4. The molecule has 6 heteroatoms. The Morgan fingerprint density at radius 1 is 1.20 bits per heavy atom. The zero-order valence-electron chi connectivity index (χ0n) is 14.7. The maximum absolute atomic E-state index is 12.9. The zero-order chi connectivity index (χ0) is 17.2. The van der Waals surface area contributed by atoms with E-state index in [4.69, 9.17) is 0 Å². The van der Waals surface area contributed by atoms with E-state index < -0.39 is 0 Å². The Morgan fingerprint density at radius 3 is 2.84 bits per heavy atom. The number of hydrogen-bond donors (Lipinski definition) is 1. The van der Waals surface area contributed by atoms with Crippen molar-refractivity contribution in [1.82, 2.24) is 25.0 Å². The van der Waals surface area contributed by atoms with Gasteiger partial charge in [-0.25, -0.2) is 14.5 Å². The van der Waals surface area contributed by atoms with E-state index in [0.717, 1.165) is 56.8 Å². The summed E-state index contributed by atoms with van der Waals surface area (Å²) in [6.45, 7) is 3.63. The Bertz CT molecular complexity index is 742. The number of aryl methyl sites for hydroxylation is 2. The van der Waals surface area contributed by atoms with E-state index in [9.17, 15) is 4.79 Å². The first-order valence-electron chi connectivity index (χ1n) is 9.23. The summed E-state index contributed by atoms with van der Waals surface area (Å²) in [6.07, 6.45) is 5.02. The summed E-state index contributed by atoms with van der Waals surface area (Å²) < 4.78 is 1.94. The van der Waals surface area contributed by atoms with Crippen LogP contribution < -0.4 is 5.32 Å². The first-order chi connectivity index (χ1) is 12.2. The molecule has 0 radical (unpaired) electrons. The van der Waals surface area contributed by atoms with Gasteiger partial charge in [0.1, 0.15) is 11.6 Å². The average Bonchev–Trinajstić information content (AvgIpc) is 3.22. The molecular formula is C19H25N5O. The molecule has 1 N–H and O–H groups in total. The number of nitrogens with zero attached hydrogens (tertiary/aromatic N) is 4. The summed E-state index contributed by atoms with van der Waals surface area (Å²) in [5.74, 6) is 1.68. The molecule has 25 heavy (non-hydrogen) atoms. The van der Waals surface area contributed by atoms with Crippen LogP contribution >= 0.6 is 0 Å². The summed E-state index contributed by atoms with van der Waals surface area (Å²) in [5, 5.41) is 7.63. The number of rotatable bonds is 3. The molecule has 2 aromatic rings. The van der Waals surface area contributed by atoms with Crippen LogP contribution in [-0.4, -0.2) is 38.3 Å². The molecule has 132 valence electrons. The predicted octanol–water partition coefficient (Wildman–Crippen LogP) is 2.84. The van der Waals surface area contributed by atoms with Gasteiger partial charge in [0.25, 0.3) is 0 Å². The minimum absolute atomic E-state index is 0.0274. The third-order valence-corrected chi connectivity index (χ3v) is 5.23. The van der Waals surface area contributed by atoms with Crippen molar-refractivity contribution in [2.45, 2.75) is 57.7 Å². The molecule has 1 aromatic heterocycles. The van der Waals surface area contributed by atoms with E-state index in [1.54, 1.807) is 0 Å². The molecule has 2 aliphatic heterocycles. The highest BCUT2D eigenvalue weighted by Gasteiger charge is 2.32. The second kappa shape index (κ2) is 6.86. The molecule has 4 rings (SSSR count). The molecule has 0 bridgehead atoms. The second-order valence-electron chi connectivity index (χ2n) is 7.06. The summed E-state index contributed by atoms with van der Waals surface area (Å²) in [5.41, 5.74) is 1.29. The van der Waals surface area contributed by atoms with Gasteiger partial charge in [0, 0.05) is 19.1 Å². The molecule has 6 nitrogen and oxygen atoms in total. The Hall–Kier alpha value is -2.37. The minimum Gasteiger partial charge on any atom is -0.328 e. The molecule has 1 fully saturated rings. The van der Waals surface area contributed by atoms with Crippen LogP contribution in [0.3, 0.4) is 0 Å². The number of likely N-dealkylation sites (tertiary alicyclic amines) is 1. The van der Waals surface area contributed by atoms with Crippen LogP contribution in [0.2, 0.25) is 0 Å². The van der Waals surface area contributed by atoms with Crippen molar-refractivity contribution in [2.24, 2.45) is 0 Å². The van der Waals surface area contributed by atoms with Gasteiger partial charge in [-0.15, -0.1) is 0 Å². The second-order valence-corrected chi connectivity index (χ2v) is 7.06. The Labute approximate surface area is 148 Å². The lowest BCUT2D eigenvalue weighted by Crippen LogP contribution is -2.46. The van der Waals surface area contributed by atoms with Crippen molar-refractivity contribution in [3.8, 4) is 0 Å². The molecule has 1 aromatic carbocycles. The van der Waals surface area contributed by atoms with E-state index in [1.807, 2.05) is 22.6 Å². The van der Waals surface area contributed by atoms with Gasteiger partial charge in [-0.1, -0.05) is 30.3 Å². The highest BCUT2D eigenvalue weighted by atomic mass is 16.2. The van der Waals surface area contributed by atoms with Gasteiger partial charge in [0.2, 0.25) is 0 Å². The van der Waals surface area contributed by atoms with Crippen LogP contribution in [0.15, 0.2) is 30.3 Å². The first kappa shape index (κ1) is 16.1. The SMILES string of the molecule is Cc1nc2n(n1)CCCC2NC(=O)N1CCCC1Cc1ccccc1. The highest BCUT2D eigenvalue weighted by molar-refractivity contribution is 5.75. The topological polar surface area (TPSA) is 63.1 Å². The lowest BCUT2D eigenvalue weighted by molar-refractivity contribution is 0.184. The fourth-order valence-electron chi connectivity index (χ4n) is 4.04. The van der Waals surface area contributed by atoms with Crippen molar-refractivity contribution >= 4 is 6.03 Å². The average molecular weight is 339 g/mol. The molecule has 3 heterocycles. The molecule has 2 aliphatic rings. The molecule has 2 unspecified atom stereocenters. The first-order valence-corrected chi connectivity index (χ1v) is 9.23. The maximum atomic E-state index is 12.9. The third-order valence-electron chi connectivity index (χ3n) is 5.23.